The van der Waals surface area contributed by atoms with Gasteiger partial charge in [-0.3, -0.25) is 9.59 Å². The van der Waals surface area contributed by atoms with E-state index in [0.717, 1.165) is 10.6 Å². The molecule has 0 fully saturated rings. The Labute approximate surface area is 127 Å². The van der Waals surface area contributed by atoms with E-state index in [1.54, 1.807) is 36.0 Å². The van der Waals surface area contributed by atoms with Crippen molar-refractivity contribution in [3.05, 3.63) is 60.2 Å². The first-order valence-electron chi connectivity index (χ1n) is 6.47. The highest BCUT2D eigenvalue weighted by Gasteiger charge is 2.09. The summed E-state index contributed by atoms with van der Waals surface area (Å²) < 4.78 is 0. The first kappa shape index (κ1) is 15.1. The van der Waals surface area contributed by atoms with E-state index in [0.29, 0.717) is 5.56 Å². The van der Waals surface area contributed by atoms with Crippen molar-refractivity contribution < 1.29 is 9.59 Å². The van der Waals surface area contributed by atoms with Crippen molar-refractivity contribution in [3.8, 4) is 0 Å². The minimum absolute atomic E-state index is 0.0591. The van der Waals surface area contributed by atoms with Crippen molar-refractivity contribution in [1.29, 1.82) is 0 Å². The number of benzene rings is 2. The number of para-hydroxylation sites is 1. The summed E-state index contributed by atoms with van der Waals surface area (Å²) in [7, 11) is 0. The quantitative estimate of drug-likeness (QED) is 0.835. The highest BCUT2D eigenvalue weighted by molar-refractivity contribution is 7.98. The molecule has 2 aromatic carbocycles. The average molecular weight is 300 g/mol. The van der Waals surface area contributed by atoms with Gasteiger partial charge < -0.3 is 10.6 Å². The Morgan fingerprint density at radius 2 is 1.67 bits per heavy atom. The molecule has 4 nitrogen and oxygen atoms in total. The van der Waals surface area contributed by atoms with Crippen LogP contribution in [0.15, 0.2) is 59.5 Å². The molecule has 0 unspecified atom stereocenters. The maximum Gasteiger partial charge on any atom is 0.251 e. The van der Waals surface area contributed by atoms with Crippen LogP contribution >= 0.6 is 11.8 Å². The molecule has 2 amide bonds. The van der Waals surface area contributed by atoms with Crippen molar-refractivity contribution in [3.63, 3.8) is 0 Å². The summed E-state index contributed by atoms with van der Waals surface area (Å²) in [6, 6.07) is 16.4. The molecule has 2 rings (SSSR count). The standard InChI is InChI=1S/C16H16N2O2S/c1-21-14-10-6-5-9-13(14)18-15(19)11-17-16(20)12-7-3-2-4-8-12/h2-10H,11H2,1H3,(H,17,20)(H,18,19). The second-order valence-corrected chi connectivity index (χ2v) is 5.15. The normalized spacial score (nSPS) is 9.95. The molecule has 5 heteroatoms. The van der Waals surface area contributed by atoms with E-state index >= 15 is 0 Å². The fourth-order valence-corrected chi connectivity index (χ4v) is 2.35. The van der Waals surface area contributed by atoms with Gasteiger partial charge in [0.25, 0.3) is 5.91 Å². The third-order valence-electron chi connectivity index (χ3n) is 2.83. The Morgan fingerprint density at radius 1 is 1.00 bits per heavy atom. The number of thioether (sulfide) groups is 1. The van der Waals surface area contributed by atoms with Crippen LogP contribution in [0.4, 0.5) is 5.69 Å². The van der Waals surface area contributed by atoms with Crippen LogP contribution in [-0.4, -0.2) is 24.6 Å². The molecular weight excluding hydrogens is 284 g/mol. The number of nitrogens with one attached hydrogen (secondary N) is 2. The molecule has 0 atom stereocenters. The topological polar surface area (TPSA) is 58.2 Å². The molecule has 0 heterocycles. The predicted octanol–water partition coefficient (Wildman–Crippen LogP) is 2.78. The maximum absolute atomic E-state index is 11.9. The Kier molecular flexibility index (Phi) is 5.40. The van der Waals surface area contributed by atoms with E-state index < -0.39 is 0 Å². The molecule has 0 bridgehead atoms. The molecule has 0 spiro atoms. The number of hydrogen-bond donors (Lipinski definition) is 2. The molecule has 0 radical (unpaired) electrons. The van der Waals surface area contributed by atoms with E-state index in [-0.39, 0.29) is 18.4 Å². The summed E-state index contributed by atoms with van der Waals surface area (Å²) in [6.45, 7) is -0.0591. The van der Waals surface area contributed by atoms with E-state index in [2.05, 4.69) is 10.6 Å². The summed E-state index contributed by atoms with van der Waals surface area (Å²) in [5.41, 5.74) is 1.29. The van der Waals surface area contributed by atoms with Gasteiger partial charge in [-0.05, 0) is 30.5 Å². The zero-order chi connectivity index (χ0) is 15.1. The van der Waals surface area contributed by atoms with Gasteiger partial charge in [-0.25, -0.2) is 0 Å². The molecule has 0 aliphatic heterocycles. The lowest BCUT2D eigenvalue weighted by atomic mass is 10.2. The van der Waals surface area contributed by atoms with Gasteiger partial charge in [-0.1, -0.05) is 30.3 Å². The van der Waals surface area contributed by atoms with Crippen molar-refractivity contribution >= 4 is 29.3 Å². The second kappa shape index (κ2) is 7.50. The predicted molar refractivity (Wildman–Crippen MR) is 85.6 cm³/mol. The van der Waals surface area contributed by atoms with Crippen LogP contribution in [0.5, 0.6) is 0 Å². The highest BCUT2D eigenvalue weighted by atomic mass is 32.2. The van der Waals surface area contributed by atoms with Gasteiger partial charge in [0.1, 0.15) is 0 Å². The van der Waals surface area contributed by atoms with Gasteiger partial charge >= 0.3 is 0 Å². The highest BCUT2D eigenvalue weighted by Crippen LogP contribution is 2.24. The fraction of sp³-hybridized carbons (Fsp3) is 0.125. The number of anilines is 1. The van der Waals surface area contributed by atoms with Crippen molar-refractivity contribution in [2.45, 2.75) is 4.90 Å². The molecule has 2 N–H and O–H groups in total. The third-order valence-corrected chi connectivity index (χ3v) is 3.62. The molecule has 0 aliphatic carbocycles. The van der Waals surface area contributed by atoms with Crippen LogP contribution in [-0.2, 0) is 4.79 Å². The maximum atomic E-state index is 11.9. The molecule has 108 valence electrons. The summed E-state index contributed by atoms with van der Waals surface area (Å²) in [5.74, 6) is -0.510. The van der Waals surface area contributed by atoms with Crippen LogP contribution in [0.25, 0.3) is 0 Å². The van der Waals surface area contributed by atoms with Crippen LogP contribution < -0.4 is 10.6 Å². The zero-order valence-corrected chi connectivity index (χ0v) is 12.4. The van der Waals surface area contributed by atoms with Crippen LogP contribution in [0.3, 0.4) is 0 Å². The van der Waals surface area contributed by atoms with Crippen LogP contribution in [0.2, 0.25) is 0 Å². The van der Waals surface area contributed by atoms with Crippen molar-refractivity contribution in [1.82, 2.24) is 5.32 Å². The van der Waals surface area contributed by atoms with E-state index in [1.165, 1.54) is 0 Å². The Morgan fingerprint density at radius 3 is 2.38 bits per heavy atom. The minimum atomic E-state index is -0.260. The van der Waals surface area contributed by atoms with Gasteiger partial charge in [0, 0.05) is 10.5 Å². The van der Waals surface area contributed by atoms with Gasteiger partial charge in [-0.2, -0.15) is 0 Å². The molecule has 0 aromatic heterocycles. The average Bonchev–Trinajstić information content (AvgIpc) is 2.54. The largest absolute Gasteiger partial charge is 0.343 e. The zero-order valence-electron chi connectivity index (χ0n) is 11.6. The fourth-order valence-electron chi connectivity index (χ4n) is 1.79. The molecule has 0 aliphatic rings. The van der Waals surface area contributed by atoms with Crippen molar-refractivity contribution in [2.24, 2.45) is 0 Å². The van der Waals surface area contributed by atoms with E-state index in [1.807, 2.05) is 36.6 Å². The van der Waals surface area contributed by atoms with E-state index in [9.17, 15) is 9.59 Å². The molecular formula is C16H16N2O2S. The minimum Gasteiger partial charge on any atom is -0.343 e. The Bertz CT molecular complexity index is 629. The van der Waals surface area contributed by atoms with Gasteiger partial charge in [0.15, 0.2) is 0 Å². The Hall–Kier alpha value is -2.27. The van der Waals surface area contributed by atoms with Crippen molar-refractivity contribution in [2.75, 3.05) is 18.1 Å². The SMILES string of the molecule is CSc1ccccc1NC(=O)CNC(=O)c1ccccc1. The monoisotopic (exact) mass is 300 g/mol. The summed E-state index contributed by atoms with van der Waals surface area (Å²) in [6.07, 6.45) is 1.95. The molecule has 0 saturated heterocycles. The van der Waals surface area contributed by atoms with E-state index in [4.69, 9.17) is 0 Å². The summed E-state index contributed by atoms with van der Waals surface area (Å²) >= 11 is 1.56. The van der Waals surface area contributed by atoms with Gasteiger partial charge in [0.2, 0.25) is 5.91 Å². The van der Waals surface area contributed by atoms with Gasteiger partial charge in [0.05, 0.1) is 12.2 Å². The number of carbonyl (C=O) groups is 2. The number of hydrogen-bond acceptors (Lipinski definition) is 3. The third kappa shape index (κ3) is 4.36. The van der Waals surface area contributed by atoms with Crippen LogP contribution in [0, 0.1) is 0 Å². The van der Waals surface area contributed by atoms with Gasteiger partial charge in [-0.15, -0.1) is 11.8 Å². The summed E-state index contributed by atoms with van der Waals surface area (Å²) in [4.78, 5) is 24.7. The molecule has 21 heavy (non-hydrogen) atoms. The van der Waals surface area contributed by atoms with Crippen LogP contribution in [0.1, 0.15) is 10.4 Å². The lowest BCUT2D eigenvalue weighted by molar-refractivity contribution is -0.115. The number of amides is 2. The number of carbonyl (C=O) groups excluding carboxylic acids is 2. The lowest BCUT2D eigenvalue weighted by Gasteiger charge is -2.10. The smallest absolute Gasteiger partial charge is 0.251 e. The lowest BCUT2D eigenvalue weighted by Crippen LogP contribution is -2.32. The molecule has 0 saturated carbocycles. The number of rotatable bonds is 5. The second-order valence-electron chi connectivity index (χ2n) is 4.30. The first-order valence-corrected chi connectivity index (χ1v) is 7.69. The Balaban J connectivity index is 1.89. The summed E-state index contributed by atoms with van der Waals surface area (Å²) in [5, 5.41) is 5.39. The molecule has 2 aromatic rings. The first-order chi connectivity index (χ1) is 10.2.